The standard InChI is InChI=1S/C21H43N/c1-3-20-14-9-5-7-11-16-21(18-13-19-22-4-2)17-12-8-6-10-15-20/h20-22H,3-19H2,1-2H3. The zero-order valence-corrected chi connectivity index (χ0v) is 15.7. The van der Waals surface area contributed by atoms with Crippen molar-refractivity contribution in [2.24, 2.45) is 11.8 Å². The molecule has 0 aliphatic heterocycles. The van der Waals surface area contributed by atoms with E-state index >= 15 is 0 Å². The predicted molar refractivity (Wildman–Crippen MR) is 100 cm³/mol. The molecular weight excluding hydrogens is 266 g/mol. The molecule has 0 aromatic rings. The van der Waals surface area contributed by atoms with Gasteiger partial charge < -0.3 is 5.32 Å². The summed E-state index contributed by atoms with van der Waals surface area (Å²) in [5.74, 6) is 2.05. The van der Waals surface area contributed by atoms with Gasteiger partial charge >= 0.3 is 0 Å². The van der Waals surface area contributed by atoms with Crippen LogP contribution in [0, 0.1) is 11.8 Å². The summed E-state index contributed by atoms with van der Waals surface area (Å²) in [6.07, 6.45) is 22.2. The molecule has 1 rings (SSSR count). The van der Waals surface area contributed by atoms with Gasteiger partial charge in [-0.05, 0) is 37.8 Å². The van der Waals surface area contributed by atoms with Gasteiger partial charge in [0.25, 0.3) is 0 Å². The van der Waals surface area contributed by atoms with E-state index in [2.05, 4.69) is 19.2 Å². The van der Waals surface area contributed by atoms with Crippen molar-refractivity contribution in [1.29, 1.82) is 0 Å². The van der Waals surface area contributed by atoms with Crippen LogP contribution in [0.5, 0.6) is 0 Å². The monoisotopic (exact) mass is 309 g/mol. The summed E-state index contributed by atoms with van der Waals surface area (Å²) in [6.45, 7) is 6.96. The van der Waals surface area contributed by atoms with Gasteiger partial charge in [0.15, 0.2) is 0 Å². The van der Waals surface area contributed by atoms with Crippen molar-refractivity contribution < 1.29 is 0 Å². The Kier molecular flexibility index (Phi) is 13.2. The highest BCUT2D eigenvalue weighted by Crippen LogP contribution is 2.26. The molecular formula is C21H43N. The van der Waals surface area contributed by atoms with Gasteiger partial charge in [0.2, 0.25) is 0 Å². The molecule has 1 fully saturated rings. The van der Waals surface area contributed by atoms with Crippen LogP contribution in [0.3, 0.4) is 0 Å². The molecule has 1 N–H and O–H groups in total. The topological polar surface area (TPSA) is 12.0 Å². The van der Waals surface area contributed by atoms with Gasteiger partial charge in [-0.25, -0.2) is 0 Å². The number of nitrogens with one attached hydrogen (secondary N) is 1. The van der Waals surface area contributed by atoms with Gasteiger partial charge in [-0.1, -0.05) is 97.3 Å². The molecule has 0 unspecified atom stereocenters. The maximum Gasteiger partial charge on any atom is -0.00489 e. The fourth-order valence-electron chi connectivity index (χ4n) is 4.12. The van der Waals surface area contributed by atoms with Crippen molar-refractivity contribution in [1.82, 2.24) is 5.32 Å². The lowest BCUT2D eigenvalue weighted by molar-refractivity contribution is 0.350. The normalized spacial score (nSPS) is 26.5. The van der Waals surface area contributed by atoms with Gasteiger partial charge in [0.1, 0.15) is 0 Å². The third-order valence-electron chi connectivity index (χ3n) is 5.74. The van der Waals surface area contributed by atoms with Gasteiger partial charge in [-0.3, -0.25) is 0 Å². The minimum Gasteiger partial charge on any atom is -0.317 e. The molecule has 132 valence electrons. The third kappa shape index (κ3) is 10.6. The van der Waals surface area contributed by atoms with Crippen molar-refractivity contribution in [2.75, 3.05) is 13.1 Å². The van der Waals surface area contributed by atoms with E-state index in [4.69, 9.17) is 0 Å². The minimum absolute atomic E-state index is 1.02. The molecule has 0 heterocycles. The molecule has 1 aliphatic rings. The number of rotatable bonds is 6. The van der Waals surface area contributed by atoms with E-state index < -0.39 is 0 Å². The molecule has 0 atom stereocenters. The van der Waals surface area contributed by atoms with E-state index in [0.29, 0.717) is 0 Å². The molecule has 0 saturated heterocycles. The van der Waals surface area contributed by atoms with Gasteiger partial charge in [0.05, 0.1) is 0 Å². The molecule has 0 aromatic carbocycles. The van der Waals surface area contributed by atoms with Crippen LogP contribution in [0.25, 0.3) is 0 Å². The van der Waals surface area contributed by atoms with E-state index in [9.17, 15) is 0 Å². The largest absolute Gasteiger partial charge is 0.317 e. The molecule has 0 radical (unpaired) electrons. The second kappa shape index (κ2) is 14.5. The smallest absolute Gasteiger partial charge is 0.00489 e. The predicted octanol–water partition coefficient (Wildman–Crippen LogP) is 6.71. The maximum absolute atomic E-state index is 3.48. The van der Waals surface area contributed by atoms with Crippen molar-refractivity contribution in [3.8, 4) is 0 Å². The lowest BCUT2D eigenvalue weighted by Gasteiger charge is -2.19. The molecule has 0 amide bonds. The fraction of sp³-hybridized carbons (Fsp3) is 1.00. The van der Waals surface area contributed by atoms with Gasteiger partial charge in [-0.15, -0.1) is 0 Å². The highest BCUT2D eigenvalue weighted by atomic mass is 14.8. The van der Waals surface area contributed by atoms with Crippen molar-refractivity contribution >= 4 is 0 Å². The van der Waals surface area contributed by atoms with E-state index in [0.717, 1.165) is 18.4 Å². The first-order valence-electron chi connectivity index (χ1n) is 10.6. The van der Waals surface area contributed by atoms with Gasteiger partial charge in [-0.2, -0.15) is 0 Å². The average molecular weight is 310 g/mol. The summed E-state index contributed by atoms with van der Waals surface area (Å²) in [6, 6.07) is 0. The zero-order valence-electron chi connectivity index (χ0n) is 15.7. The fourth-order valence-corrected chi connectivity index (χ4v) is 4.12. The molecule has 1 aliphatic carbocycles. The third-order valence-corrected chi connectivity index (χ3v) is 5.74. The Morgan fingerprint density at radius 3 is 1.64 bits per heavy atom. The van der Waals surface area contributed by atoms with E-state index in [1.165, 1.54) is 103 Å². The van der Waals surface area contributed by atoms with Crippen LogP contribution in [0.15, 0.2) is 0 Å². The van der Waals surface area contributed by atoms with Crippen LogP contribution >= 0.6 is 0 Å². The minimum atomic E-state index is 1.02. The van der Waals surface area contributed by atoms with Crippen LogP contribution in [0.2, 0.25) is 0 Å². The van der Waals surface area contributed by atoms with Gasteiger partial charge in [0, 0.05) is 0 Å². The molecule has 22 heavy (non-hydrogen) atoms. The van der Waals surface area contributed by atoms with Crippen LogP contribution in [-0.2, 0) is 0 Å². The highest BCUT2D eigenvalue weighted by Gasteiger charge is 2.10. The first-order valence-corrected chi connectivity index (χ1v) is 10.6. The van der Waals surface area contributed by atoms with Crippen molar-refractivity contribution in [3.05, 3.63) is 0 Å². The molecule has 1 nitrogen and oxygen atoms in total. The Bertz CT molecular complexity index is 210. The molecule has 0 aromatic heterocycles. The molecule has 0 bridgehead atoms. The maximum atomic E-state index is 3.48. The Labute approximate surface area is 141 Å². The number of hydrogen-bond acceptors (Lipinski definition) is 1. The first kappa shape index (κ1) is 20.0. The van der Waals surface area contributed by atoms with Crippen LogP contribution in [0.1, 0.15) is 110 Å². The van der Waals surface area contributed by atoms with Crippen molar-refractivity contribution in [3.63, 3.8) is 0 Å². The summed E-state index contributed by atoms with van der Waals surface area (Å²) < 4.78 is 0. The van der Waals surface area contributed by atoms with Crippen LogP contribution < -0.4 is 5.32 Å². The Morgan fingerprint density at radius 1 is 0.682 bits per heavy atom. The quantitative estimate of drug-likeness (QED) is 0.537. The average Bonchev–Trinajstić information content (AvgIpc) is 2.54. The molecule has 0 spiro atoms. The summed E-state index contributed by atoms with van der Waals surface area (Å²) in [7, 11) is 0. The summed E-state index contributed by atoms with van der Waals surface area (Å²) >= 11 is 0. The Hall–Kier alpha value is -0.0400. The highest BCUT2D eigenvalue weighted by molar-refractivity contribution is 4.64. The second-order valence-corrected chi connectivity index (χ2v) is 7.62. The Morgan fingerprint density at radius 2 is 1.18 bits per heavy atom. The van der Waals surface area contributed by atoms with Crippen LogP contribution in [-0.4, -0.2) is 13.1 Å². The summed E-state index contributed by atoms with van der Waals surface area (Å²) in [4.78, 5) is 0. The zero-order chi connectivity index (χ0) is 15.9. The second-order valence-electron chi connectivity index (χ2n) is 7.62. The Balaban J connectivity index is 2.25. The number of hydrogen-bond donors (Lipinski definition) is 1. The van der Waals surface area contributed by atoms with Crippen LogP contribution in [0.4, 0.5) is 0 Å². The SMILES string of the molecule is CCNCCCC1CCCCCCC(CC)CCCCCC1. The summed E-state index contributed by atoms with van der Waals surface area (Å²) in [5.41, 5.74) is 0. The molecule has 1 saturated carbocycles. The first-order chi connectivity index (χ1) is 10.9. The molecule has 1 heteroatoms. The summed E-state index contributed by atoms with van der Waals surface area (Å²) in [5, 5.41) is 3.48. The van der Waals surface area contributed by atoms with E-state index in [1.807, 2.05) is 0 Å². The lowest BCUT2D eigenvalue weighted by Crippen LogP contribution is -2.15. The van der Waals surface area contributed by atoms with Crippen molar-refractivity contribution in [2.45, 2.75) is 110 Å². The van der Waals surface area contributed by atoms with E-state index in [1.54, 1.807) is 0 Å². The van der Waals surface area contributed by atoms with E-state index in [-0.39, 0.29) is 0 Å². The lowest BCUT2D eigenvalue weighted by atomic mass is 9.88.